The first-order chi connectivity index (χ1) is 9.61. The molecule has 1 fully saturated rings. The van der Waals surface area contributed by atoms with Crippen molar-refractivity contribution < 1.29 is 4.79 Å². The van der Waals surface area contributed by atoms with Crippen LogP contribution in [0.15, 0.2) is 22.7 Å². The van der Waals surface area contributed by atoms with E-state index in [1.807, 2.05) is 6.07 Å². The summed E-state index contributed by atoms with van der Waals surface area (Å²) < 4.78 is 0.860. The second kappa shape index (κ2) is 7.43. The average molecular weight is 360 g/mol. The summed E-state index contributed by atoms with van der Waals surface area (Å²) in [5.74, 6) is -0.103. The number of hydrogen-bond donors (Lipinski definition) is 1. The van der Waals surface area contributed by atoms with Crippen molar-refractivity contribution in [3.8, 4) is 0 Å². The fraction of sp³-hybridized carbons (Fsp3) is 0.533. The van der Waals surface area contributed by atoms with Crippen LogP contribution in [-0.4, -0.2) is 36.5 Å². The van der Waals surface area contributed by atoms with Gasteiger partial charge in [0.2, 0.25) is 0 Å². The van der Waals surface area contributed by atoms with Gasteiger partial charge in [0.05, 0.1) is 10.6 Å². The molecule has 1 aromatic carbocycles. The van der Waals surface area contributed by atoms with E-state index in [0.29, 0.717) is 23.2 Å². The third kappa shape index (κ3) is 3.96. The number of benzene rings is 1. The fourth-order valence-corrected chi connectivity index (χ4v) is 3.18. The van der Waals surface area contributed by atoms with E-state index in [4.69, 9.17) is 11.6 Å². The van der Waals surface area contributed by atoms with Crippen LogP contribution in [0.4, 0.5) is 0 Å². The number of halogens is 2. The van der Waals surface area contributed by atoms with Crippen LogP contribution in [0, 0.1) is 0 Å². The van der Waals surface area contributed by atoms with Crippen molar-refractivity contribution in [2.45, 2.75) is 32.2 Å². The molecule has 0 aliphatic carbocycles. The van der Waals surface area contributed by atoms with Crippen LogP contribution in [0.1, 0.15) is 36.5 Å². The van der Waals surface area contributed by atoms with Crippen molar-refractivity contribution in [1.29, 1.82) is 0 Å². The van der Waals surface area contributed by atoms with Crippen molar-refractivity contribution in [2.24, 2.45) is 0 Å². The van der Waals surface area contributed by atoms with Crippen LogP contribution in [0.25, 0.3) is 0 Å². The molecule has 0 bridgehead atoms. The Morgan fingerprint density at radius 1 is 1.45 bits per heavy atom. The topological polar surface area (TPSA) is 32.3 Å². The lowest BCUT2D eigenvalue weighted by atomic mass is 10.1. The van der Waals surface area contributed by atoms with Gasteiger partial charge in [-0.05, 0) is 50.6 Å². The monoisotopic (exact) mass is 358 g/mol. The molecule has 1 aliphatic rings. The van der Waals surface area contributed by atoms with Gasteiger partial charge < -0.3 is 5.32 Å². The Labute approximate surface area is 133 Å². The molecule has 5 heteroatoms. The van der Waals surface area contributed by atoms with Gasteiger partial charge in [-0.25, -0.2) is 0 Å². The van der Waals surface area contributed by atoms with Crippen molar-refractivity contribution >= 4 is 33.4 Å². The largest absolute Gasteiger partial charge is 0.350 e. The van der Waals surface area contributed by atoms with Crippen LogP contribution in [0.3, 0.4) is 0 Å². The quantitative estimate of drug-likeness (QED) is 0.869. The smallest absolute Gasteiger partial charge is 0.252 e. The third-order valence-corrected chi connectivity index (χ3v) is 4.62. The first kappa shape index (κ1) is 15.8. The summed E-state index contributed by atoms with van der Waals surface area (Å²) in [5.41, 5.74) is 0.525. The number of nitrogens with one attached hydrogen (secondary N) is 1. The third-order valence-electron chi connectivity index (χ3n) is 3.80. The lowest BCUT2D eigenvalue weighted by molar-refractivity contribution is 0.0937. The Balaban J connectivity index is 1.95. The molecule has 1 saturated heterocycles. The molecule has 2 rings (SSSR count). The Hall–Kier alpha value is -0.580. The summed E-state index contributed by atoms with van der Waals surface area (Å²) in [5, 5.41) is 3.50. The zero-order valence-corrected chi connectivity index (χ0v) is 14.0. The van der Waals surface area contributed by atoms with Gasteiger partial charge >= 0.3 is 0 Å². The first-order valence-electron chi connectivity index (χ1n) is 7.09. The van der Waals surface area contributed by atoms with E-state index in [1.54, 1.807) is 12.1 Å². The molecule has 0 spiro atoms. The summed E-state index contributed by atoms with van der Waals surface area (Å²) in [6.45, 7) is 5.14. The highest BCUT2D eigenvalue weighted by atomic mass is 79.9. The van der Waals surface area contributed by atoms with Gasteiger partial charge in [0.1, 0.15) is 0 Å². The predicted octanol–water partition coefficient (Wildman–Crippen LogP) is 3.71. The Kier molecular flexibility index (Phi) is 5.87. The highest BCUT2D eigenvalue weighted by Crippen LogP contribution is 2.21. The van der Waals surface area contributed by atoms with Crippen LogP contribution in [0.5, 0.6) is 0 Å². The Morgan fingerprint density at radius 2 is 2.15 bits per heavy atom. The van der Waals surface area contributed by atoms with Crippen molar-refractivity contribution in [3.63, 3.8) is 0 Å². The standard InChI is InChI=1S/C15H20BrClN2O/c1-2-12(19-7-3-4-8-19)10-18-15(20)13-9-11(16)5-6-14(13)17/h5-6,9,12H,2-4,7-8,10H2,1H3,(H,18,20)/t12-/m1/s1. The van der Waals surface area contributed by atoms with Gasteiger partial charge in [0.15, 0.2) is 0 Å². The predicted molar refractivity (Wildman–Crippen MR) is 86.4 cm³/mol. The number of rotatable bonds is 5. The van der Waals surface area contributed by atoms with E-state index >= 15 is 0 Å². The van der Waals surface area contributed by atoms with E-state index in [-0.39, 0.29) is 5.91 Å². The highest BCUT2D eigenvalue weighted by molar-refractivity contribution is 9.10. The molecule has 1 amide bonds. The average Bonchev–Trinajstić information content (AvgIpc) is 2.96. The number of carbonyl (C=O) groups excluding carboxylic acids is 1. The second-order valence-electron chi connectivity index (χ2n) is 5.14. The molecule has 0 aromatic heterocycles. The molecule has 1 aromatic rings. The maximum Gasteiger partial charge on any atom is 0.252 e. The minimum Gasteiger partial charge on any atom is -0.350 e. The lowest BCUT2D eigenvalue weighted by Gasteiger charge is -2.26. The van der Waals surface area contributed by atoms with Crippen LogP contribution < -0.4 is 5.32 Å². The lowest BCUT2D eigenvalue weighted by Crippen LogP contribution is -2.42. The number of carbonyl (C=O) groups is 1. The molecule has 0 saturated carbocycles. The minimum atomic E-state index is -0.103. The maximum absolute atomic E-state index is 12.2. The van der Waals surface area contributed by atoms with Gasteiger partial charge in [-0.3, -0.25) is 9.69 Å². The molecular weight excluding hydrogens is 340 g/mol. The summed E-state index contributed by atoms with van der Waals surface area (Å²) in [4.78, 5) is 14.7. The van der Waals surface area contributed by atoms with Gasteiger partial charge in [-0.2, -0.15) is 0 Å². The summed E-state index contributed by atoms with van der Waals surface area (Å²) in [6, 6.07) is 5.75. The number of likely N-dealkylation sites (tertiary alicyclic amines) is 1. The molecular formula is C15H20BrClN2O. The first-order valence-corrected chi connectivity index (χ1v) is 8.26. The van der Waals surface area contributed by atoms with E-state index in [0.717, 1.165) is 24.0 Å². The molecule has 3 nitrogen and oxygen atoms in total. The van der Waals surface area contributed by atoms with Gasteiger partial charge in [-0.15, -0.1) is 0 Å². The molecule has 1 aliphatic heterocycles. The SMILES string of the molecule is CC[C@H](CNC(=O)c1cc(Br)ccc1Cl)N1CCCC1. The minimum absolute atomic E-state index is 0.103. The molecule has 0 unspecified atom stereocenters. The van der Waals surface area contributed by atoms with Gasteiger partial charge in [0.25, 0.3) is 5.91 Å². The van der Waals surface area contributed by atoms with Crippen LogP contribution >= 0.6 is 27.5 Å². The zero-order chi connectivity index (χ0) is 14.5. The normalized spacial score (nSPS) is 17.1. The summed E-state index contributed by atoms with van der Waals surface area (Å²) in [6.07, 6.45) is 3.58. The molecule has 1 heterocycles. The summed E-state index contributed by atoms with van der Waals surface area (Å²) >= 11 is 9.44. The molecule has 1 atom stereocenters. The van der Waals surface area contributed by atoms with Crippen LogP contribution in [-0.2, 0) is 0 Å². The Morgan fingerprint density at radius 3 is 2.80 bits per heavy atom. The van der Waals surface area contributed by atoms with Gasteiger partial charge in [-0.1, -0.05) is 34.5 Å². The number of hydrogen-bond acceptors (Lipinski definition) is 2. The molecule has 20 heavy (non-hydrogen) atoms. The van der Waals surface area contributed by atoms with Crippen molar-refractivity contribution in [2.75, 3.05) is 19.6 Å². The number of amides is 1. The van der Waals surface area contributed by atoms with Crippen LogP contribution in [0.2, 0.25) is 5.02 Å². The zero-order valence-electron chi connectivity index (χ0n) is 11.7. The molecule has 1 N–H and O–H groups in total. The van der Waals surface area contributed by atoms with E-state index in [2.05, 4.69) is 33.1 Å². The molecule has 0 radical (unpaired) electrons. The van der Waals surface area contributed by atoms with Crippen molar-refractivity contribution in [3.05, 3.63) is 33.3 Å². The number of nitrogens with zero attached hydrogens (tertiary/aromatic N) is 1. The maximum atomic E-state index is 12.2. The van der Waals surface area contributed by atoms with E-state index in [9.17, 15) is 4.79 Å². The van der Waals surface area contributed by atoms with Crippen molar-refractivity contribution in [1.82, 2.24) is 10.2 Å². The molecule has 110 valence electrons. The second-order valence-corrected chi connectivity index (χ2v) is 6.46. The summed E-state index contributed by atoms with van der Waals surface area (Å²) in [7, 11) is 0. The fourth-order valence-electron chi connectivity index (χ4n) is 2.62. The Bertz CT molecular complexity index is 475. The highest BCUT2D eigenvalue weighted by Gasteiger charge is 2.21. The van der Waals surface area contributed by atoms with Gasteiger partial charge in [0, 0.05) is 17.1 Å². The van der Waals surface area contributed by atoms with E-state index < -0.39 is 0 Å². The van der Waals surface area contributed by atoms with E-state index in [1.165, 1.54) is 12.8 Å².